The highest BCUT2D eigenvalue weighted by molar-refractivity contribution is 6.30. The van der Waals surface area contributed by atoms with Gasteiger partial charge in [-0.05, 0) is 23.8 Å². The van der Waals surface area contributed by atoms with E-state index in [2.05, 4.69) is 5.10 Å². The Labute approximate surface area is 109 Å². The third kappa shape index (κ3) is 2.62. The topological polar surface area (TPSA) is 64.3 Å². The van der Waals surface area contributed by atoms with Gasteiger partial charge in [0, 0.05) is 5.02 Å². The van der Waals surface area contributed by atoms with Crippen molar-refractivity contribution in [2.24, 2.45) is 0 Å². The summed E-state index contributed by atoms with van der Waals surface area (Å²) in [5.74, 6) is -0.366. The van der Waals surface area contributed by atoms with E-state index in [1.807, 2.05) is 0 Å². The number of methoxy groups -OCH3 is 1. The normalized spacial score (nSPS) is 10.3. The van der Waals surface area contributed by atoms with Crippen LogP contribution in [0.5, 0.6) is 5.75 Å². The molecule has 18 heavy (non-hydrogen) atoms. The minimum atomic E-state index is -0.432. The van der Waals surface area contributed by atoms with Crippen molar-refractivity contribution < 1.29 is 14.6 Å². The fourth-order valence-electron chi connectivity index (χ4n) is 1.62. The third-order valence-corrected chi connectivity index (χ3v) is 2.66. The molecule has 0 aliphatic carbocycles. The first-order valence-electron chi connectivity index (χ1n) is 5.18. The molecule has 0 bridgehead atoms. The van der Waals surface area contributed by atoms with Crippen molar-refractivity contribution in [3.05, 3.63) is 46.7 Å². The number of rotatable bonds is 3. The monoisotopic (exact) mass is 266 g/mol. The molecule has 0 atom stereocenters. The highest BCUT2D eigenvalue weighted by Gasteiger charge is 2.13. The van der Waals surface area contributed by atoms with Crippen LogP contribution in [0.3, 0.4) is 0 Å². The molecule has 1 heterocycles. The van der Waals surface area contributed by atoms with E-state index in [-0.39, 0.29) is 5.75 Å². The van der Waals surface area contributed by atoms with Gasteiger partial charge in [-0.2, -0.15) is 5.10 Å². The van der Waals surface area contributed by atoms with E-state index in [4.69, 9.17) is 16.3 Å². The van der Waals surface area contributed by atoms with Crippen molar-refractivity contribution >= 4 is 17.6 Å². The van der Waals surface area contributed by atoms with Crippen LogP contribution in [-0.4, -0.2) is 28.0 Å². The van der Waals surface area contributed by atoms with Gasteiger partial charge in [0.2, 0.25) is 0 Å². The number of aromatic hydroxyl groups is 1. The van der Waals surface area contributed by atoms with Gasteiger partial charge in [-0.1, -0.05) is 11.6 Å². The molecule has 0 radical (unpaired) electrons. The summed E-state index contributed by atoms with van der Waals surface area (Å²) in [5.41, 5.74) is 1.11. The second kappa shape index (κ2) is 5.10. The fraction of sp³-hybridized carbons (Fsp3) is 0.167. The third-order valence-electron chi connectivity index (χ3n) is 2.42. The van der Waals surface area contributed by atoms with Crippen molar-refractivity contribution in [1.82, 2.24) is 9.78 Å². The number of nitrogens with zero attached hydrogens (tertiary/aromatic N) is 2. The van der Waals surface area contributed by atoms with E-state index in [9.17, 15) is 9.90 Å². The highest BCUT2D eigenvalue weighted by atomic mass is 35.5. The Morgan fingerprint density at radius 2 is 2.33 bits per heavy atom. The number of carbonyl (C=O) groups is 1. The standard InChI is InChI=1S/C12H11ClN2O3/c1-18-12(17)11-3-2-9(13)4-8(11)6-15-7-10(16)5-14-15/h2-5,7,16H,6H2,1H3. The zero-order valence-electron chi connectivity index (χ0n) is 9.63. The van der Waals surface area contributed by atoms with Crippen LogP contribution in [0.2, 0.25) is 5.02 Å². The average Bonchev–Trinajstić information content (AvgIpc) is 2.74. The van der Waals surface area contributed by atoms with Crippen molar-refractivity contribution in [3.8, 4) is 5.75 Å². The molecule has 0 saturated carbocycles. The number of carbonyl (C=O) groups excluding carboxylic acids is 1. The maximum absolute atomic E-state index is 11.6. The molecule has 0 aliphatic heterocycles. The minimum Gasteiger partial charge on any atom is -0.505 e. The number of benzene rings is 1. The largest absolute Gasteiger partial charge is 0.505 e. The van der Waals surface area contributed by atoms with E-state index < -0.39 is 5.97 Å². The number of aromatic nitrogens is 2. The second-order valence-corrected chi connectivity index (χ2v) is 4.13. The smallest absolute Gasteiger partial charge is 0.338 e. The van der Waals surface area contributed by atoms with Crippen LogP contribution >= 0.6 is 11.6 Å². The first-order chi connectivity index (χ1) is 8.60. The number of halogens is 1. The second-order valence-electron chi connectivity index (χ2n) is 3.69. The van der Waals surface area contributed by atoms with Gasteiger partial charge < -0.3 is 9.84 Å². The van der Waals surface area contributed by atoms with Gasteiger partial charge in [0.15, 0.2) is 5.75 Å². The van der Waals surface area contributed by atoms with E-state index in [0.717, 1.165) is 0 Å². The number of hydrogen-bond acceptors (Lipinski definition) is 4. The lowest BCUT2D eigenvalue weighted by molar-refractivity contribution is 0.0599. The summed E-state index contributed by atoms with van der Waals surface area (Å²) in [4.78, 5) is 11.6. The highest BCUT2D eigenvalue weighted by Crippen LogP contribution is 2.18. The molecule has 0 aliphatic rings. The lowest BCUT2D eigenvalue weighted by atomic mass is 10.1. The van der Waals surface area contributed by atoms with Gasteiger partial charge >= 0.3 is 5.97 Å². The van der Waals surface area contributed by atoms with Crippen LogP contribution in [0.15, 0.2) is 30.6 Å². The lowest BCUT2D eigenvalue weighted by Gasteiger charge is -2.08. The van der Waals surface area contributed by atoms with Crippen LogP contribution in [0.1, 0.15) is 15.9 Å². The van der Waals surface area contributed by atoms with E-state index in [1.165, 1.54) is 24.2 Å². The average molecular weight is 267 g/mol. The number of esters is 1. The van der Waals surface area contributed by atoms with Crippen LogP contribution in [0.4, 0.5) is 0 Å². The Morgan fingerprint density at radius 1 is 1.56 bits per heavy atom. The molecule has 1 N–H and O–H groups in total. The summed E-state index contributed by atoms with van der Waals surface area (Å²) in [6, 6.07) is 4.90. The molecule has 0 amide bonds. The molecule has 2 aromatic rings. The lowest BCUT2D eigenvalue weighted by Crippen LogP contribution is -2.09. The summed E-state index contributed by atoms with van der Waals surface area (Å²) < 4.78 is 6.21. The zero-order chi connectivity index (χ0) is 13.1. The quantitative estimate of drug-likeness (QED) is 0.864. The van der Waals surface area contributed by atoms with E-state index in [1.54, 1.807) is 18.2 Å². The van der Waals surface area contributed by atoms with Crippen LogP contribution in [-0.2, 0) is 11.3 Å². The van der Waals surface area contributed by atoms with Crippen LogP contribution in [0.25, 0.3) is 0 Å². The Morgan fingerprint density at radius 3 is 2.94 bits per heavy atom. The van der Waals surface area contributed by atoms with Crippen molar-refractivity contribution in [2.75, 3.05) is 7.11 Å². The fourth-order valence-corrected chi connectivity index (χ4v) is 1.81. The van der Waals surface area contributed by atoms with Gasteiger partial charge in [-0.15, -0.1) is 0 Å². The number of ether oxygens (including phenoxy) is 1. The summed E-state index contributed by atoms with van der Waals surface area (Å²) >= 11 is 5.90. The zero-order valence-corrected chi connectivity index (χ0v) is 10.4. The maximum atomic E-state index is 11.6. The SMILES string of the molecule is COC(=O)c1ccc(Cl)cc1Cn1cc(O)cn1. The molecule has 6 heteroatoms. The maximum Gasteiger partial charge on any atom is 0.338 e. The molecule has 0 spiro atoms. The van der Waals surface area contributed by atoms with Crippen molar-refractivity contribution in [3.63, 3.8) is 0 Å². The predicted octanol–water partition coefficient (Wildman–Crippen LogP) is 2.08. The number of hydrogen-bond donors (Lipinski definition) is 1. The molecule has 5 nitrogen and oxygen atoms in total. The van der Waals surface area contributed by atoms with Crippen LogP contribution < -0.4 is 0 Å². The van der Waals surface area contributed by atoms with E-state index in [0.29, 0.717) is 22.7 Å². The molecular weight excluding hydrogens is 256 g/mol. The Balaban J connectivity index is 2.36. The molecule has 1 aromatic heterocycles. The Bertz CT molecular complexity index is 580. The molecule has 1 aromatic carbocycles. The molecule has 0 unspecified atom stereocenters. The Kier molecular flexibility index (Phi) is 3.53. The van der Waals surface area contributed by atoms with E-state index >= 15 is 0 Å². The summed E-state index contributed by atoms with van der Waals surface area (Å²) in [6.45, 7) is 0.325. The van der Waals surface area contributed by atoms with Gasteiger partial charge in [0.25, 0.3) is 0 Å². The predicted molar refractivity (Wildman–Crippen MR) is 65.8 cm³/mol. The van der Waals surface area contributed by atoms with Crippen molar-refractivity contribution in [2.45, 2.75) is 6.54 Å². The van der Waals surface area contributed by atoms with Crippen LogP contribution in [0, 0.1) is 0 Å². The summed E-state index contributed by atoms with van der Waals surface area (Å²) in [7, 11) is 1.32. The molecule has 0 fully saturated rings. The first kappa shape index (κ1) is 12.4. The van der Waals surface area contributed by atoms with Gasteiger partial charge in [0.05, 0.1) is 31.6 Å². The first-order valence-corrected chi connectivity index (χ1v) is 5.56. The molecular formula is C12H11ClN2O3. The summed E-state index contributed by atoms with van der Waals surface area (Å²) in [6.07, 6.45) is 2.78. The Hall–Kier alpha value is -2.01. The molecule has 2 rings (SSSR count). The molecule has 94 valence electrons. The molecule has 0 saturated heterocycles. The van der Waals surface area contributed by atoms with Gasteiger partial charge in [-0.3, -0.25) is 4.68 Å². The summed E-state index contributed by atoms with van der Waals surface area (Å²) in [5, 5.41) is 13.7. The minimum absolute atomic E-state index is 0.0663. The van der Waals surface area contributed by atoms with Crippen molar-refractivity contribution in [1.29, 1.82) is 0 Å². The van der Waals surface area contributed by atoms with Gasteiger partial charge in [0.1, 0.15) is 0 Å². The van der Waals surface area contributed by atoms with Gasteiger partial charge in [-0.25, -0.2) is 4.79 Å².